The third-order valence-electron chi connectivity index (χ3n) is 7.98. The Morgan fingerprint density at radius 2 is 1.25 bits per heavy atom. The summed E-state index contributed by atoms with van der Waals surface area (Å²) in [5.74, 6) is -1.89. The highest BCUT2D eigenvalue weighted by Gasteiger charge is 2.24. The van der Waals surface area contributed by atoms with Crippen molar-refractivity contribution in [3.05, 3.63) is 92.4 Å². The molecule has 3 amide bonds. The molecule has 4 aromatic heterocycles. The molecule has 1 aromatic carbocycles. The normalized spacial score (nSPS) is 11.8. The van der Waals surface area contributed by atoms with Crippen LogP contribution < -0.4 is 21.7 Å². The Kier molecular flexibility index (Phi) is 13.7. The largest absolute Gasteiger partial charge is 0.468 e. The van der Waals surface area contributed by atoms with Gasteiger partial charge in [0.25, 0.3) is 11.8 Å². The molecule has 0 unspecified atom stereocenters. The van der Waals surface area contributed by atoms with E-state index in [0.29, 0.717) is 9.75 Å². The second-order valence-electron chi connectivity index (χ2n) is 11.6. The third-order valence-corrected chi connectivity index (χ3v) is 10.5. The highest BCUT2D eigenvalue weighted by molar-refractivity contribution is 7.21. The van der Waals surface area contributed by atoms with Crippen LogP contribution >= 0.6 is 22.7 Å². The number of benzene rings is 1. The summed E-state index contributed by atoms with van der Waals surface area (Å²) in [7, 11) is 2.46. The summed E-state index contributed by atoms with van der Waals surface area (Å²) >= 11 is 2.71. The van der Waals surface area contributed by atoms with E-state index in [1.807, 2.05) is 58.0 Å². The van der Waals surface area contributed by atoms with Gasteiger partial charge in [-0.3, -0.25) is 24.4 Å². The van der Waals surface area contributed by atoms with E-state index in [0.717, 1.165) is 48.3 Å². The van der Waals surface area contributed by atoms with E-state index in [1.54, 1.807) is 24.5 Å². The Labute approximate surface area is 308 Å². The zero-order valence-electron chi connectivity index (χ0n) is 29.5. The van der Waals surface area contributed by atoms with Gasteiger partial charge in [0.2, 0.25) is 0 Å². The number of alkyl carbamates (subject to hydrolysis) is 1. The predicted molar refractivity (Wildman–Crippen MR) is 198 cm³/mol. The smallest absolute Gasteiger partial charge is 0.408 e. The van der Waals surface area contributed by atoms with E-state index in [1.165, 1.54) is 36.9 Å². The lowest BCUT2D eigenvalue weighted by Gasteiger charge is -2.17. The van der Waals surface area contributed by atoms with E-state index in [-0.39, 0.29) is 31.5 Å². The number of thiophene rings is 2. The standard InChI is InChI=1S/C22H23N3O5S.C14H17N3O3S/c1-13-10-23-16-9-18(31-19(16)14(13)2)20(26)24-11-17(21(27)29-3)25-22(28)30-12-15-7-5-4-6-8-15;1-7-5-16-10-4-11(21-12(10)8(7)2)13(18)17-6-9(15)14(19)20-3/h4-10,17H,11-12H2,1-3H3,(H,24,26)(H,25,28);4-5,9H,6,15H2,1-3H3,(H,17,18)/t17-;9-/m11/s1. The number of hydrogen-bond donors (Lipinski definition) is 4. The maximum Gasteiger partial charge on any atom is 0.408 e. The molecule has 14 nitrogen and oxygen atoms in total. The van der Waals surface area contributed by atoms with Crippen molar-refractivity contribution >= 4 is 73.0 Å². The quantitative estimate of drug-likeness (QED) is 0.111. The number of ether oxygens (including phenoxy) is 3. The van der Waals surface area contributed by atoms with E-state index in [9.17, 15) is 24.0 Å². The summed E-state index contributed by atoms with van der Waals surface area (Å²) in [5, 5.41) is 7.72. The third kappa shape index (κ3) is 10.1. The van der Waals surface area contributed by atoms with Crippen LogP contribution in [0.4, 0.5) is 4.79 Å². The summed E-state index contributed by atoms with van der Waals surface area (Å²) in [4.78, 5) is 69.7. The molecular weight excluding hydrogens is 709 g/mol. The summed E-state index contributed by atoms with van der Waals surface area (Å²) in [5.41, 5.74) is 12.3. The van der Waals surface area contributed by atoms with Crippen molar-refractivity contribution in [2.24, 2.45) is 5.73 Å². The fourth-order valence-electron chi connectivity index (χ4n) is 4.65. The molecule has 0 spiro atoms. The molecule has 0 saturated carbocycles. The molecule has 0 radical (unpaired) electrons. The Hall–Kier alpha value is -5.45. The van der Waals surface area contributed by atoms with Crippen LogP contribution in [0.25, 0.3) is 20.4 Å². The molecule has 0 saturated heterocycles. The number of aromatic nitrogens is 2. The molecule has 0 fully saturated rings. The van der Waals surface area contributed by atoms with Crippen molar-refractivity contribution in [2.75, 3.05) is 27.3 Å². The second kappa shape index (κ2) is 18.2. The van der Waals surface area contributed by atoms with Crippen molar-refractivity contribution in [1.82, 2.24) is 25.9 Å². The number of carbonyl (C=O) groups is 5. The number of nitrogens with one attached hydrogen (secondary N) is 3. The number of hydrogen-bond acceptors (Lipinski definition) is 13. The molecule has 0 aliphatic carbocycles. The van der Waals surface area contributed by atoms with Crippen LogP contribution in [0.1, 0.15) is 47.2 Å². The topological polar surface area (TPSA) is 201 Å². The lowest BCUT2D eigenvalue weighted by atomic mass is 10.2. The predicted octanol–water partition coefficient (Wildman–Crippen LogP) is 4.25. The first kappa shape index (κ1) is 39.3. The molecular formula is C36H40N6O8S2. The van der Waals surface area contributed by atoms with E-state index in [4.69, 9.17) is 15.2 Å². The number of fused-ring (bicyclic) bond motifs is 2. The van der Waals surface area contributed by atoms with Gasteiger partial charge in [0.05, 0.1) is 44.4 Å². The van der Waals surface area contributed by atoms with Gasteiger partial charge in [0, 0.05) is 25.5 Å². The summed E-state index contributed by atoms with van der Waals surface area (Å²) in [6, 6.07) is 10.6. The zero-order chi connectivity index (χ0) is 37.9. The number of esters is 2. The van der Waals surface area contributed by atoms with Crippen LogP contribution in [0.3, 0.4) is 0 Å². The molecule has 2 atom stereocenters. The lowest BCUT2D eigenvalue weighted by Crippen LogP contribution is -2.49. The van der Waals surface area contributed by atoms with Crippen molar-refractivity contribution < 1.29 is 38.2 Å². The van der Waals surface area contributed by atoms with E-state index >= 15 is 0 Å². The molecule has 0 aliphatic rings. The van der Waals surface area contributed by atoms with Crippen molar-refractivity contribution in [3.63, 3.8) is 0 Å². The van der Waals surface area contributed by atoms with Gasteiger partial charge in [-0.05, 0) is 67.6 Å². The van der Waals surface area contributed by atoms with Gasteiger partial charge in [-0.2, -0.15) is 0 Å². The lowest BCUT2D eigenvalue weighted by molar-refractivity contribution is -0.143. The summed E-state index contributed by atoms with van der Waals surface area (Å²) in [6.07, 6.45) is 2.77. The van der Waals surface area contributed by atoms with Crippen molar-refractivity contribution in [3.8, 4) is 0 Å². The number of methoxy groups -OCH3 is 2. The van der Waals surface area contributed by atoms with Crippen LogP contribution in [0.15, 0.2) is 54.9 Å². The number of carbonyl (C=O) groups excluding carboxylic acids is 5. The van der Waals surface area contributed by atoms with Gasteiger partial charge in [-0.15, -0.1) is 22.7 Å². The average Bonchev–Trinajstić information content (AvgIpc) is 3.80. The van der Waals surface area contributed by atoms with Crippen LogP contribution in [-0.2, 0) is 30.4 Å². The molecule has 52 heavy (non-hydrogen) atoms. The second-order valence-corrected chi connectivity index (χ2v) is 13.7. The molecule has 274 valence electrons. The van der Waals surface area contributed by atoms with E-state index < -0.39 is 30.1 Å². The van der Waals surface area contributed by atoms with Crippen LogP contribution in [-0.4, -0.2) is 79.2 Å². The Balaban J connectivity index is 0.000000251. The molecule has 5 aromatic rings. The van der Waals surface area contributed by atoms with Crippen LogP contribution in [0.5, 0.6) is 0 Å². The number of nitrogens with zero attached hydrogens (tertiary/aromatic N) is 2. The Morgan fingerprint density at radius 3 is 1.75 bits per heavy atom. The van der Waals surface area contributed by atoms with Gasteiger partial charge >= 0.3 is 18.0 Å². The number of aryl methyl sites for hydroxylation is 4. The molecule has 5 rings (SSSR count). The Morgan fingerprint density at radius 1 is 0.750 bits per heavy atom. The van der Waals surface area contributed by atoms with Gasteiger partial charge in [0.15, 0.2) is 0 Å². The minimum atomic E-state index is -1.09. The summed E-state index contributed by atoms with van der Waals surface area (Å²) < 4.78 is 16.3. The molecule has 0 bridgehead atoms. The van der Waals surface area contributed by atoms with Crippen molar-refractivity contribution in [1.29, 1.82) is 0 Å². The summed E-state index contributed by atoms with van der Waals surface area (Å²) in [6.45, 7) is 7.87. The van der Waals surface area contributed by atoms with Crippen molar-refractivity contribution in [2.45, 2.75) is 46.4 Å². The highest BCUT2D eigenvalue weighted by Crippen LogP contribution is 2.29. The minimum absolute atomic E-state index is 0.0329. The van der Waals surface area contributed by atoms with E-state index in [2.05, 4.69) is 30.7 Å². The molecule has 4 heterocycles. The van der Waals surface area contributed by atoms with Gasteiger partial charge < -0.3 is 35.9 Å². The SMILES string of the molecule is COC(=O)[C@@H](CNC(=O)c1cc2ncc(C)c(C)c2s1)NC(=O)OCc1ccccc1.COC(=O)[C@H](N)CNC(=O)c1cc2ncc(C)c(C)c2s1. The highest BCUT2D eigenvalue weighted by atomic mass is 32.1. The fourth-order valence-corrected chi connectivity index (χ4v) is 6.82. The molecule has 5 N–H and O–H groups in total. The van der Waals surface area contributed by atoms with Crippen LogP contribution in [0.2, 0.25) is 0 Å². The number of rotatable bonds is 11. The van der Waals surface area contributed by atoms with Gasteiger partial charge in [-0.25, -0.2) is 9.59 Å². The molecule has 0 aliphatic heterocycles. The first-order chi connectivity index (χ1) is 24.8. The average molecular weight is 749 g/mol. The van der Waals surface area contributed by atoms with Crippen LogP contribution in [0, 0.1) is 27.7 Å². The first-order valence-corrected chi connectivity index (χ1v) is 17.6. The zero-order valence-corrected chi connectivity index (χ0v) is 31.2. The molecule has 16 heteroatoms. The maximum atomic E-state index is 12.6. The first-order valence-electron chi connectivity index (χ1n) is 16.0. The number of pyridine rings is 2. The van der Waals surface area contributed by atoms with Gasteiger partial charge in [-0.1, -0.05) is 30.3 Å². The van der Waals surface area contributed by atoms with Gasteiger partial charge in [0.1, 0.15) is 18.7 Å². The number of nitrogens with two attached hydrogens (primary N) is 1. The minimum Gasteiger partial charge on any atom is -0.468 e. The Bertz CT molecular complexity index is 2080. The fraction of sp³-hybridized carbons (Fsp3) is 0.306. The number of amides is 3. The maximum absolute atomic E-state index is 12.6. The monoisotopic (exact) mass is 748 g/mol.